The van der Waals surface area contributed by atoms with E-state index in [1.165, 1.54) is 19.4 Å². The molecule has 3 heteroatoms. The molecule has 0 aromatic rings. The van der Waals surface area contributed by atoms with Gasteiger partial charge >= 0.3 is 0 Å². The topological polar surface area (TPSA) is 24.5 Å². The first kappa shape index (κ1) is 12.9. The lowest BCUT2D eigenvalue weighted by Crippen LogP contribution is -2.35. The van der Waals surface area contributed by atoms with Crippen molar-refractivity contribution in [1.82, 2.24) is 10.2 Å². The van der Waals surface area contributed by atoms with Crippen molar-refractivity contribution >= 4 is 0 Å². The van der Waals surface area contributed by atoms with Crippen LogP contribution in [-0.2, 0) is 4.74 Å². The van der Waals surface area contributed by atoms with Gasteiger partial charge in [0, 0.05) is 32.3 Å². The van der Waals surface area contributed by atoms with E-state index in [9.17, 15) is 0 Å². The summed E-state index contributed by atoms with van der Waals surface area (Å²) in [4.78, 5) is 2.54. The van der Waals surface area contributed by atoms with E-state index in [1.54, 1.807) is 0 Å². The minimum absolute atomic E-state index is 0.463. The van der Waals surface area contributed by atoms with Crippen LogP contribution in [0.4, 0.5) is 0 Å². The Kier molecular flexibility index (Phi) is 5.58. The average molecular weight is 214 g/mol. The van der Waals surface area contributed by atoms with E-state index in [2.05, 4.69) is 31.0 Å². The Labute approximate surface area is 94.2 Å². The van der Waals surface area contributed by atoms with Gasteiger partial charge in [-0.25, -0.2) is 0 Å². The van der Waals surface area contributed by atoms with Crippen LogP contribution in [0.15, 0.2) is 0 Å². The average Bonchev–Trinajstić information content (AvgIpc) is 2.65. The minimum Gasteiger partial charge on any atom is -0.380 e. The maximum absolute atomic E-state index is 5.38. The molecular weight excluding hydrogens is 188 g/mol. The third-order valence-corrected chi connectivity index (χ3v) is 3.25. The van der Waals surface area contributed by atoms with Crippen molar-refractivity contribution in [2.75, 3.05) is 26.7 Å². The fourth-order valence-electron chi connectivity index (χ4n) is 2.11. The fraction of sp³-hybridized carbons (Fsp3) is 1.00. The van der Waals surface area contributed by atoms with Crippen molar-refractivity contribution in [3.63, 3.8) is 0 Å². The van der Waals surface area contributed by atoms with Crippen molar-refractivity contribution in [3.05, 3.63) is 0 Å². The quantitative estimate of drug-likeness (QED) is 0.725. The van der Waals surface area contributed by atoms with E-state index in [4.69, 9.17) is 4.74 Å². The second kappa shape index (κ2) is 6.46. The van der Waals surface area contributed by atoms with E-state index < -0.39 is 0 Å². The summed E-state index contributed by atoms with van der Waals surface area (Å²) in [6, 6.07) is 1.28. The molecule has 0 radical (unpaired) electrons. The highest BCUT2D eigenvalue weighted by atomic mass is 16.5. The van der Waals surface area contributed by atoms with Crippen LogP contribution >= 0.6 is 0 Å². The Balaban J connectivity index is 2.14. The molecule has 2 unspecified atom stereocenters. The number of nitrogens with zero attached hydrogens (tertiary/aromatic N) is 1. The van der Waals surface area contributed by atoms with Gasteiger partial charge in [0.05, 0.1) is 6.10 Å². The molecule has 0 spiro atoms. The number of methoxy groups -OCH3 is 1. The molecule has 0 aromatic heterocycles. The standard InChI is InChI=1S/C12H26N2O/c1-10(2)13-7-5-11(3)14-8-6-12(9-14)15-4/h10-13H,5-9H2,1-4H3. The van der Waals surface area contributed by atoms with Crippen LogP contribution in [0.5, 0.6) is 0 Å². The molecule has 0 aliphatic carbocycles. The van der Waals surface area contributed by atoms with Gasteiger partial charge in [-0.1, -0.05) is 13.8 Å². The number of hydrogen-bond acceptors (Lipinski definition) is 3. The summed E-state index contributed by atoms with van der Waals surface area (Å²) in [5.41, 5.74) is 0. The molecule has 0 amide bonds. The predicted molar refractivity (Wildman–Crippen MR) is 64.2 cm³/mol. The lowest BCUT2D eigenvalue weighted by Gasteiger charge is -2.24. The van der Waals surface area contributed by atoms with Gasteiger partial charge in [0.2, 0.25) is 0 Å². The summed E-state index contributed by atoms with van der Waals surface area (Å²) in [5, 5.41) is 3.47. The molecule has 0 saturated carbocycles. The number of likely N-dealkylation sites (tertiary alicyclic amines) is 1. The molecule has 1 N–H and O–H groups in total. The van der Waals surface area contributed by atoms with Gasteiger partial charge in [0.25, 0.3) is 0 Å². The van der Waals surface area contributed by atoms with E-state index >= 15 is 0 Å². The van der Waals surface area contributed by atoms with E-state index in [0.717, 1.165) is 13.1 Å². The predicted octanol–water partition coefficient (Wildman–Crippen LogP) is 1.48. The van der Waals surface area contributed by atoms with Gasteiger partial charge in [-0.2, -0.15) is 0 Å². The number of hydrogen-bond donors (Lipinski definition) is 1. The normalized spacial score (nSPS) is 25.0. The summed E-state index contributed by atoms with van der Waals surface area (Å²) in [6.45, 7) is 10.1. The highest BCUT2D eigenvalue weighted by Gasteiger charge is 2.25. The Bertz CT molecular complexity index is 173. The number of ether oxygens (including phenoxy) is 1. The van der Waals surface area contributed by atoms with Gasteiger partial charge < -0.3 is 10.1 Å². The van der Waals surface area contributed by atoms with Crippen molar-refractivity contribution in [3.8, 4) is 0 Å². The number of nitrogens with one attached hydrogen (secondary N) is 1. The van der Waals surface area contributed by atoms with Gasteiger partial charge in [0.1, 0.15) is 0 Å². The maximum atomic E-state index is 5.38. The molecule has 1 heterocycles. The highest BCUT2D eigenvalue weighted by molar-refractivity contribution is 4.80. The monoisotopic (exact) mass is 214 g/mol. The van der Waals surface area contributed by atoms with Crippen molar-refractivity contribution < 1.29 is 4.74 Å². The van der Waals surface area contributed by atoms with Gasteiger partial charge in [-0.15, -0.1) is 0 Å². The molecule has 0 aromatic carbocycles. The number of rotatable bonds is 6. The van der Waals surface area contributed by atoms with Crippen LogP contribution in [-0.4, -0.2) is 49.8 Å². The van der Waals surface area contributed by atoms with E-state index in [0.29, 0.717) is 18.2 Å². The Morgan fingerprint density at radius 2 is 2.13 bits per heavy atom. The first-order valence-electron chi connectivity index (χ1n) is 6.13. The zero-order valence-corrected chi connectivity index (χ0v) is 10.6. The summed E-state index contributed by atoms with van der Waals surface area (Å²) >= 11 is 0. The van der Waals surface area contributed by atoms with Crippen LogP contribution < -0.4 is 5.32 Å². The summed E-state index contributed by atoms with van der Waals surface area (Å²) in [6.07, 6.45) is 2.89. The molecule has 3 nitrogen and oxygen atoms in total. The molecule has 90 valence electrons. The van der Waals surface area contributed by atoms with Gasteiger partial charge in [-0.05, 0) is 26.3 Å². The Morgan fingerprint density at radius 3 is 2.67 bits per heavy atom. The lowest BCUT2D eigenvalue weighted by atomic mass is 10.2. The second-order valence-corrected chi connectivity index (χ2v) is 4.89. The lowest BCUT2D eigenvalue weighted by molar-refractivity contribution is 0.101. The minimum atomic E-state index is 0.463. The Hall–Kier alpha value is -0.120. The van der Waals surface area contributed by atoms with E-state index in [1.807, 2.05) is 7.11 Å². The highest BCUT2D eigenvalue weighted by Crippen LogP contribution is 2.16. The van der Waals surface area contributed by atoms with Crippen LogP contribution in [0.25, 0.3) is 0 Å². The summed E-state index contributed by atoms with van der Waals surface area (Å²) in [7, 11) is 1.82. The van der Waals surface area contributed by atoms with Crippen LogP contribution in [0, 0.1) is 0 Å². The first-order valence-corrected chi connectivity index (χ1v) is 6.13. The molecule has 1 fully saturated rings. The zero-order valence-electron chi connectivity index (χ0n) is 10.6. The molecule has 1 saturated heterocycles. The molecule has 1 aliphatic heterocycles. The SMILES string of the molecule is COC1CCN(C(C)CCNC(C)C)C1. The molecule has 1 aliphatic rings. The first-order chi connectivity index (χ1) is 7.13. The van der Waals surface area contributed by atoms with Crippen molar-refractivity contribution in [1.29, 1.82) is 0 Å². The van der Waals surface area contributed by atoms with Crippen molar-refractivity contribution in [2.45, 2.75) is 51.8 Å². The largest absolute Gasteiger partial charge is 0.380 e. The molecular formula is C12H26N2O. The molecule has 0 bridgehead atoms. The van der Waals surface area contributed by atoms with Crippen LogP contribution in [0.1, 0.15) is 33.6 Å². The van der Waals surface area contributed by atoms with E-state index in [-0.39, 0.29) is 0 Å². The third kappa shape index (κ3) is 4.49. The summed E-state index contributed by atoms with van der Waals surface area (Å²) in [5.74, 6) is 0. The molecule has 1 rings (SSSR count). The molecule has 2 atom stereocenters. The van der Waals surface area contributed by atoms with Crippen molar-refractivity contribution in [2.24, 2.45) is 0 Å². The van der Waals surface area contributed by atoms with Crippen LogP contribution in [0.2, 0.25) is 0 Å². The summed E-state index contributed by atoms with van der Waals surface area (Å²) < 4.78 is 5.38. The second-order valence-electron chi connectivity index (χ2n) is 4.89. The maximum Gasteiger partial charge on any atom is 0.0710 e. The zero-order chi connectivity index (χ0) is 11.3. The third-order valence-electron chi connectivity index (χ3n) is 3.25. The fourth-order valence-corrected chi connectivity index (χ4v) is 2.11. The molecule has 15 heavy (non-hydrogen) atoms. The van der Waals surface area contributed by atoms with Gasteiger partial charge in [-0.3, -0.25) is 4.90 Å². The van der Waals surface area contributed by atoms with Gasteiger partial charge in [0.15, 0.2) is 0 Å². The Morgan fingerprint density at radius 1 is 1.40 bits per heavy atom. The van der Waals surface area contributed by atoms with Crippen LogP contribution in [0.3, 0.4) is 0 Å². The smallest absolute Gasteiger partial charge is 0.0710 e.